The standard InChI is InChI=1S/C9H11NO2/c1-9(12,8(10)11)7-5-3-2-4-6-7/h2-6,12H,1H3,(H2,10,11). The lowest BCUT2D eigenvalue weighted by Gasteiger charge is -2.18. The van der Waals surface area contributed by atoms with Gasteiger partial charge in [0.2, 0.25) is 0 Å². The van der Waals surface area contributed by atoms with E-state index in [1.807, 2.05) is 0 Å². The van der Waals surface area contributed by atoms with Crippen LogP contribution in [0.15, 0.2) is 30.3 Å². The van der Waals surface area contributed by atoms with Gasteiger partial charge in [-0.05, 0) is 12.5 Å². The summed E-state index contributed by atoms with van der Waals surface area (Å²) < 4.78 is 0. The van der Waals surface area contributed by atoms with E-state index in [0.717, 1.165) is 0 Å². The Balaban J connectivity index is 3.06. The van der Waals surface area contributed by atoms with E-state index in [-0.39, 0.29) is 0 Å². The summed E-state index contributed by atoms with van der Waals surface area (Å²) in [5.41, 5.74) is 3.96. The molecule has 3 N–H and O–H groups in total. The van der Waals surface area contributed by atoms with Crippen LogP contribution >= 0.6 is 0 Å². The van der Waals surface area contributed by atoms with Crippen molar-refractivity contribution in [3.8, 4) is 0 Å². The van der Waals surface area contributed by atoms with Crippen LogP contribution < -0.4 is 5.73 Å². The average Bonchev–Trinajstić information content (AvgIpc) is 2.06. The van der Waals surface area contributed by atoms with Gasteiger partial charge in [-0.1, -0.05) is 30.3 Å². The van der Waals surface area contributed by atoms with E-state index in [1.54, 1.807) is 30.3 Å². The highest BCUT2D eigenvalue weighted by atomic mass is 16.3. The predicted octanol–water partition coefficient (Wildman–Crippen LogP) is 0.379. The summed E-state index contributed by atoms with van der Waals surface area (Å²) in [6, 6.07) is 8.61. The smallest absolute Gasteiger partial charge is 0.253 e. The van der Waals surface area contributed by atoms with Crippen LogP contribution in [0.25, 0.3) is 0 Å². The number of nitrogens with two attached hydrogens (primary N) is 1. The van der Waals surface area contributed by atoms with Crippen molar-refractivity contribution < 1.29 is 9.90 Å². The average molecular weight is 165 g/mol. The molecule has 0 saturated heterocycles. The number of benzene rings is 1. The van der Waals surface area contributed by atoms with Gasteiger partial charge < -0.3 is 10.8 Å². The molecule has 0 radical (unpaired) electrons. The molecule has 1 atom stereocenters. The van der Waals surface area contributed by atoms with E-state index in [9.17, 15) is 9.90 Å². The first-order valence-electron chi connectivity index (χ1n) is 3.63. The second-order valence-electron chi connectivity index (χ2n) is 2.80. The minimum atomic E-state index is -1.57. The first-order valence-corrected chi connectivity index (χ1v) is 3.63. The number of hydrogen-bond donors (Lipinski definition) is 2. The van der Waals surface area contributed by atoms with Gasteiger partial charge in [-0.15, -0.1) is 0 Å². The van der Waals surface area contributed by atoms with Gasteiger partial charge >= 0.3 is 0 Å². The molecule has 0 spiro atoms. The topological polar surface area (TPSA) is 63.3 Å². The quantitative estimate of drug-likeness (QED) is 0.665. The number of hydrogen-bond acceptors (Lipinski definition) is 2. The monoisotopic (exact) mass is 165 g/mol. The predicted molar refractivity (Wildman–Crippen MR) is 45.2 cm³/mol. The fourth-order valence-corrected chi connectivity index (χ4v) is 0.905. The Labute approximate surface area is 70.8 Å². The minimum absolute atomic E-state index is 0.512. The van der Waals surface area contributed by atoms with Gasteiger partial charge in [0.1, 0.15) is 0 Å². The van der Waals surface area contributed by atoms with E-state index in [4.69, 9.17) is 5.73 Å². The maximum Gasteiger partial charge on any atom is 0.253 e. The Morgan fingerprint density at radius 1 is 1.42 bits per heavy atom. The van der Waals surface area contributed by atoms with Crippen molar-refractivity contribution in [1.82, 2.24) is 0 Å². The van der Waals surface area contributed by atoms with Crippen LogP contribution in [0.1, 0.15) is 12.5 Å². The van der Waals surface area contributed by atoms with Crippen LogP contribution in [0.4, 0.5) is 0 Å². The van der Waals surface area contributed by atoms with Crippen molar-refractivity contribution in [1.29, 1.82) is 0 Å². The molecule has 0 aliphatic rings. The number of aliphatic hydroxyl groups is 1. The lowest BCUT2D eigenvalue weighted by Crippen LogP contribution is -2.38. The lowest BCUT2D eigenvalue weighted by molar-refractivity contribution is -0.135. The molecular weight excluding hydrogens is 154 g/mol. The first-order chi connectivity index (χ1) is 5.55. The second kappa shape index (κ2) is 2.95. The number of carbonyl (C=O) groups is 1. The second-order valence-corrected chi connectivity index (χ2v) is 2.80. The van der Waals surface area contributed by atoms with Crippen LogP contribution in [0.5, 0.6) is 0 Å². The third kappa shape index (κ3) is 1.46. The Bertz CT molecular complexity index is 280. The SMILES string of the molecule is CC(O)(C(N)=O)c1ccccc1. The molecule has 0 aliphatic carbocycles. The zero-order valence-electron chi connectivity index (χ0n) is 6.82. The largest absolute Gasteiger partial charge is 0.376 e. The Morgan fingerprint density at radius 3 is 2.33 bits per heavy atom. The third-order valence-electron chi connectivity index (χ3n) is 1.82. The summed E-state index contributed by atoms with van der Waals surface area (Å²) in [6.07, 6.45) is 0. The number of primary amides is 1. The lowest BCUT2D eigenvalue weighted by atomic mass is 9.96. The molecule has 0 saturated carbocycles. The molecule has 1 unspecified atom stereocenters. The van der Waals surface area contributed by atoms with Crippen molar-refractivity contribution >= 4 is 5.91 Å². The fourth-order valence-electron chi connectivity index (χ4n) is 0.905. The summed E-state index contributed by atoms with van der Waals surface area (Å²) in [6.45, 7) is 1.38. The summed E-state index contributed by atoms with van der Waals surface area (Å²) in [5, 5.41) is 9.59. The normalized spacial score (nSPS) is 15.2. The third-order valence-corrected chi connectivity index (χ3v) is 1.82. The fraction of sp³-hybridized carbons (Fsp3) is 0.222. The van der Waals surface area contributed by atoms with Gasteiger partial charge in [-0.25, -0.2) is 0 Å². The Hall–Kier alpha value is -1.35. The van der Waals surface area contributed by atoms with E-state index >= 15 is 0 Å². The maximum atomic E-state index is 10.8. The number of rotatable bonds is 2. The van der Waals surface area contributed by atoms with Crippen LogP contribution in [-0.2, 0) is 10.4 Å². The van der Waals surface area contributed by atoms with E-state index in [1.165, 1.54) is 6.92 Å². The maximum absolute atomic E-state index is 10.8. The molecule has 1 aromatic rings. The van der Waals surface area contributed by atoms with Gasteiger partial charge in [0.15, 0.2) is 5.60 Å². The molecule has 1 amide bonds. The van der Waals surface area contributed by atoms with Crippen molar-refractivity contribution in [2.45, 2.75) is 12.5 Å². The summed E-state index contributed by atoms with van der Waals surface area (Å²) in [5.74, 6) is -0.742. The van der Waals surface area contributed by atoms with E-state index < -0.39 is 11.5 Å². The van der Waals surface area contributed by atoms with Crippen molar-refractivity contribution in [3.05, 3.63) is 35.9 Å². The van der Waals surface area contributed by atoms with Gasteiger partial charge in [0, 0.05) is 0 Å². The van der Waals surface area contributed by atoms with Gasteiger partial charge in [-0.2, -0.15) is 0 Å². The molecule has 3 heteroatoms. The Kier molecular flexibility index (Phi) is 2.15. The van der Waals surface area contributed by atoms with Crippen molar-refractivity contribution in [3.63, 3.8) is 0 Å². The summed E-state index contributed by atoms with van der Waals surface area (Å²) in [7, 11) is 0. The molecule has 12 heavy (non-hydrogen) atoms. The molecule has 0 heterocycles. The summed E-state index contributed by atoms with van der Waals surface area (Å²) >= 11 is 0. The molecule has 3 nitrogen and oxygen atoms in total. The van der Waals surface area contributed by atoms with Gasteiger partial charge in [0.25, 0.3) is 5.91 Å². The van der Waals surface area contributed by atoms with Crippen molar-refractivity contribution in [2.24, 2.45) is 5.73 Å². The van der Waals surface area contributed by atoms with Crippen LogP contribution in [0, 0.1) is 0 Å². The number of carbonyl (C=O) groups excluding carboxylic acids is 1. The molecule has 0 aliphatic heterocycles. The molecular formula is C9H11NO2. The number of amides is 1. The summed E-state index contributed by atoms with van der Waals surface area (Å²) in [4.78, 5) is 10.8. The van der Waals surface area contributed by atoms with Crippen LogP contribution in [0.3, 0.4) is 0 Å². The van der Waals surface area contributed by atoms with E-state index in [0.29, 0.717) is 5.56 Å². The highest BCUT2D eigenvalue weighted by molar-refractivity contribution is 5.84. The van der Waals surface area contributed by atoms with Crippen molar-refractivity contribution in [2.75, 3.05) is 0 Å². The zero-order valence-corrected chi connectivity index (χ0v) is 6.82. The van der Waals surface area contributed by atoms with Crippen LogP contribution in [0.2, 0.25) is 0 Å². The van der Waals surface area contributed by atoms with Gasteiger partial charge in [0.05, 0.1) is 0 Å². The first kappa shape index (κ1) is 8.74. The molecule has 1 rings (SSSR count). The Morgan fingerprint density at radius 2 is 1.92 bits per heavy atom. The molecule has 1 aromatic carbocycles. The van der Waals surface area contributed by atoms with Gasteiger partial charge in [-0.3, -0.25) is 4.79 Å². The highest BCUT2D eigenvalue weighted by Crippen LogP contribution is 2.18. The highest BCUT2D eigenvalue weighted by Gasteiger charge is 2.29. The van der Waals surface area contributed by atoms with Crippen LogP contribution in [-0.4, -0.2) is 11.0 Å². The molecule has 0 fully saturated rings. The molecule has 64 valence electrons. The molecule has 0 bridgehead atoms. The molecule has 0 aromatic heterocycles. The minimum Gasteiger partial charge on any atom is -0.376 e. The van der Waals surface area contributed by atoms with E-state index in [2.05, 4.69) is 0 Å². The zero-order chi connectivity index (χ0) is 9.19.